The highest BCUT2D eigenvalue weighted by Gasteiger charge is 2.25. The highest BCUT2D eigenvalue weighted by atomic mass is 79.9. The molecular formula is C24H27BrFN7O2. The molecule has 35 heavy (non-hydrogen) atoms. The predicted octanol–water partition coefficient (Wildman–Crippen LogP) is 2.85. The maximum absolute atomic E-state index is 13.8. The third-order valence-electron chi connectivity index (χ3n) is 6.64. The van der Waals surface area contributed by atoms with Gasteiger partial charge in [-0.2, -0.15) is 9.61 Å². The second-order valence-corrected chi connectivity index (χ2v) is 9.85. The molecule has 3 aromatic heterocycles. The van der Waals surface area contributed by atoms with E-state index < -0.39 is 6.10 Å². The van der Waals surface area contributed by atoms with Gasteiger partial charge in [0.2, 0.25) is 0 Å². The number of rotatable bonds is 5. The Kier molecular flexibility index (Phi) is 6.56. The highest BCUT2D eigenvalue weighted by molar-refractivity contribution is 9.10. The topological polar surface area (TPSA) is 122 Å². The fourth-order valence-corrected chi connectivity index (χ4v) is 5.04. The third kappa shape index (κ3) is 4.67. The Bertz CT molecular complexity index is 1310. The number of aliphatic hydroxyl groups excluding tert-OH is 1. The number of hydrogen-bond acceptors (Lipinski definition) is 7. The van der Waals surface area contributed by atoms with Crippen LogP contribution in [0.1, 0.15) is 43.1 Å². The standard InChI is InChI=1S/C24H27BrFN7O2/c1-13(34)24(35)32-6-4-17(5-7-32)28-12-20-21(25)22(27)33-23(31-20)18(11-30-33)15-8-14-9-16(26)2-3-19(14)29-10-15/h8-11,13,17,28,34H,2-7,12,27H2,1H3/t13-/m0/s1. The molecule has 1 atom stereocenters. The van der Waals surface area contributed by atoms with Crippen LogP contribution in [0.25, 0.3) is 22.9 Å². The summed E-state index contributed by atoms with van der Waals surface area (Å²) in [5.74, 6) is 0.0681. The third-order valence-corrected chi connectivity index (χ3v) is 7.50. The minimum atomic E-state index is -0.973. The summed E-state index contributed by atoms with van der Waals surface area (Å²) in [6.07, 6.45) is 6.58. The molecular weight excluding hydrogens is 517 g/mol. The van der Waals surface area contributed by atoms with Crippen LogP contribution in [0.5, 0.6) is 0 Å². The van der Waals surface area contributed by atoms with Crippen LogP contribution < -0.4 is 11.1 Å². The van der Waals surface area contributed by atoms with Crippen molar-refractivity contribution < 1.29 is 14.3 Å². The molecule has 0 radical (unpaired) electrons. The molecule has 5 rings (SSSR count). The molecule has 9 nitrogen and oxygen atoms in total. The minimum absolute atomic E-state index is 0.142. The normalized spacial score (nSPS) is 17.4. The predicted molar refractivity (Wildman–Crippen MR) is 134 cm³/mol. The minimum Gasteiger partial charge on any atom is -0.384 e. The number of likely N-dealkylation sites (tertiary alicyclic amines) is 1. The first-order valence-corrected chi connectivity index (χ1v) is 12.5. The lowest BCUT2D eigenvalue weighted by Crippen LogP contribution is -2.47. The van der Waals surface area contributed by atoms with Crippen LogP contribution in [-0.4, -0.2) is 60.7 Å². The fraction of sp³-hybridized carbons (Fsp3) is 0.417. The van der Waals surface area contributed by atoms with Crippen molar-refractivity contribution in [2.75, 3.05) is 18.8 Å². The molecule has 0 aromatic carbocycles. The van der Waals surface area contributed by atoms with Gasteiger partial charge in [-0.05, 0) is 59.8 Å². The van der Waals surface area contributed by atoms with Crippen molar-refractivity contribution in [3.05, 3.63) is 45.7 Å². The van der Waals surface area contributed by atoms with Gasteiger partial charge in [-0.15, -0.1) is 0 Å². The van der Waals surface area contributed by atoms with Gasteiger partial charge in [0.15, 0.2) is 5.65 Å². The number of fused-ring (bicyclic) bond motifs is 2. The van der Waals surface area contributed by atoms with E-state index in [2.05, 4.69) is 31.3 Å². The van der Waals surface area contributed by atoms with Crippen molar-refractivity contribution in [2.45, 2.75) is 51.3 Å². The summed E-state index contributed by atoms with van der Waals surface area (Å²) in [7, 11) is 0. The number of anilines is 1. The van der Waals surface area contributed by atoms with Crippen LogP contribution in [0.15, 0.2) is 28.8 Å². The number of amides is 1. The molecule has 0 unspecified atom stereocenters. The van der Waals surface area contributed by atoms with Gasteiger partial charge in [0.05, 0.1) is 16.4 Å². The molecule has 11 heteroatoms. The maximum atomic E-state index is 13.8. The Hall–Kier alpha value is -2.89. The second kappa shape index (κ2) is 9.63. The maximum Gasteiger partial charge on any atom is 0.251 e. The van der Waals surface area contributed by atoms with Crippen molar-refractivity contribution in [3.63, 3.8) is 0 Å². The van der Waals surface area contributed by atoms with Crippen molar-refractivity contribution in [1.29, 1.82) is 0 Å². The monoisotopic (exact) mass is 543 g/mol. The van der Waals surface area contributed by atoms with E-state index in [9.17, 15) is 14.3 Å². The summed E-state index contributed by atoms with van der Waals surface area (Å²) in [6, 6.07) is 2.13. The van der Waals surface area contributed by atoms with Gasteiger partial charge in [-0.25, -0.2) is 9.37 Å². The SMILES string of the molecule is C[C@H](O)C(=O)N1CCC(NCc2nc3c(-c4cnc5c(c4)C=C(F)CC5)cnn3c(N)c2Br)CC1. The molecule has 0 saturated carbocycles. The summed E-state index contributed by atoms with van der Waals surface area (Å²) in [5, 5.41) is 17.5. The Morgan fingerprint density at radius 1 is 1.34 bits per heavy atom. The number of aryl methyl sites for hydroxylation is 1. The van der Waals surface area contributed by atoms with Gasteiger partial charge in [0.1, 0.15) is 17.7 Å². The zero-order valence-electron chi connectivity index (χ0n) is 19.3. The van der Waals surface area contributed by atoms with E-state index in [0.717, 1.165) is 40.9 Å². The molecule has 0 spiro atoms. The van der Waals surface area contributed by atoms with Crippen molar-refractivity contribution >= 4 is 39.4 Å². The van der Waals surface area contributed by atoms with E-state index in [0.29, 0.717) is 48.4 Å². The number of aromatic nitrogens is 4. The van der Waals surface area contributed by atoms with Gasteiger partial charge >= 0.3 is 0 Å². The van der Waals surface area contributed by atoms with Crippen LogP contribution in [0.3, 0.4) is 0 Å². The second-order valence-electron chi connectivity index (χ2n) is 9.06. The molecule has 4 N–H and O–H groups in total. The number of nitrogens with two attached hydrogens (primary N) is 1. The molecule has 2 aliphatic rings. The first-order valence-electron chi connectivity index (χ1n) is 11.7. The number of carbonyl (C=O) groups is 1. The lowest BCUT2D eigenvalue weighted by molar-refractivity contribution is -0.140. The summed E-state index contributed by atoms with van der Waals surface area (Å²) >= 11 is 3.56. The number of nitrogens with zero attached hydrogens (tertiary/aromatic N) is 5. The first-order chi connectivity index (χ1) is 16.8. The zero-order chi connectivity index (χ0) is 24.7. The largest absolute Gasteiger partial charge is 0.384 e. The Balaban J connectivity index is 1.36. The molecule has 3 aromatic rings. The molecule has 1 amide bonds. The average molecular weight is 544 g/mol. The van der Waals surface area contributed by atoms with Crippen LogP contribution >= 0.6 is 15.9 Å². The molecule has 4 heterocycles. The molecule has 1 fully saturated rings. The first kappa shape index (κ1) is 23.8. The van der Waals surface area contributed by atoms with E-state index in [1.807, 2.05) is 6.07 Å². The lowest BCUT2D eigenvalue weighted by Gasteiger charge is -2.33. The number of nitrogens with one attached hydrogen (secondary N) is 1. The quantitative estimate of drug-likeness (QED) is 0.452. The van der Waals surface area contributed by atoms with Crippen LogP contribution in [-0.2, 0) is 17.8 Å². The van der Waals surface area contributed by atoms with Crippen molar-refractivity contribution in [3.8, 4) is 11.1 Å². The number of nitrogen functional groups attached to an aromatic ring is 1. The molecule has 1 aliphatic carbocycles. The zero-order valence-corrected chi connectivity index (χ0v) is 20.9. The van der Waals surface area contributed by atoms with Crippen molar-refractivity contribution in [2.24, 2.45) is 0 Å². The van der Waals surface area contributed by atoms with Gasteiger partial charge < -0.3 is 21.1 Å². The van der Waals surface area contributed by atoms with E-state index in [1.165, 1.54) is 13.0 Å². The number of carbonyl (C=O) groups excluding carboxylic acids is 1. The fourth-order valence-electron chi connectivity index (χ4n) is 4.64. The lowest BCUT2D eigenvalue weighted by atomic mass is 9.99. The van der Waals surface area contributed by atoms with E-state index in [4.69, 9.17) is 10.7 Å². The Morgan fingerprint density at radius 3 is 2.86 bits per heavy atom. The number of aliphatic hydroxyl groups is 1. The van der Waals surface area contributed by atoms with Crippen LogP contribution in [0.2, 0.25) is 0 Å². The summed E-state index contributed by atoms with van der Waals surface area (Å²) in [6.45, 7) is 3.18. The summed E-state index contributed by atoms with van der Waals surface area (Å²) < 4.78 is 16.1. The number of allylic oxidation sites excluding steroid dienone is 1. The van der Waals surface area contributed by atoms with Crippen molar-refractivity contribution in [1.82, 2.24) is 29.8 Å². The molecule has 184 valence electrons. The Morgan fingerprint density at radius 2 is 2.11 bits per heavy atom. The van der Waals surface area contributed by atoms with Crippen LogP contribution in [0, 0.1) is 0 Å². The van der Waals surface area contributed by atoms with Gasteiger partial charge in [0, 0.05) is 55.1 Å². The number of pyridine rings is 1. The summed E-state index contributed by atoms with van der Waals surface area (Å²) in [5.41, 5.74) is 10.9. The molecule has 1 aliphatic heterocycles. The van der Waals surface area contributed by atoms with Gasteiger partial charge in [-0.1, -0.05) is 0 Å². The number of piperidine rings is 1. The van der Waals surface area contributed by atoms with E-state index in [1.54, 1.807) is 21.8 Å². The van der Waals surface area contributed by atoms with E-state index in [-0.39, 0.29) is 17.8 Å². The smallest absolute Gasteiger partial charge is 0.251 e. The number of halogens is 2. The average Bonchev–Trinajstić information content (AvgIpc) is 3.28. The van der Waals surface area contributed by atoms with Gasteiger partial charge in [0.25, 0.3) is 5.91 Å². The molecule has 0 bridgehead atoms. The molecule has 1 saturated heterocycles. The number of hydrogen-bond donors (Lipinski definition) is 3. The van der Waals surface area contributed by atoms with E-state index >= 15 is 0 Å². The Labute approximate surface area is 210 Å². The highest BCUT2D eigenvalue weighted by Crippen LogP contribution is 2.32. The van der Waals surface area contributed by atoms with Crippen LogP contribution in [0.4, 0.5) is 10.2 Å². The van der Waals surface area contributed by atoms with Gasteiger partial charge in [-0.3, -0.25) is 9.78 Å². The summed E-state index contributed by atoms with van der Waals surface area (Å²) in [4.78, 5) is 23.1.